The highest BCUT2D eigenvalue weighted by Gasteiger charge is 2.52. The number of β-amino-alcohol motifs (C(OH)–C–C–N with tert-alkyl or cyclic N) is 1. The smallest absolute Gasteiger partial charge is 0.325 e. The topological polar surface area (TPSA) is 78.9 Å². The number of carbonyl (C=O) groups excluding carboxylic acids is 2. The van der Waals surface area contributed by atoms with Crippen LogP contribution in [0.5, 0.6) is 0 Å². The number of urea groups is 1. The zero-order valence-corrected chi connectivity index (χ0v) is 15.6. The molecule has 0 unspecified atom stereocenters. The second kappa shape index (κ2) is 8.35. The molecule has 2 fully saturated rings. The molecule has 6 nitrogen and oxygen atoms in total. The minimum absolute atomic E-state index is 0.0201. The maximum Gasteiger partial charge on any atom is 0.325 e. The van der Waals surface area contributed by atoms with Crippen molar-refractivity contribution in [2.45, 2.75) is 57.3 Å². The molecule has 148 valence electrons. The molecule has 1 spiro atoms. The average Bonchev–Trinajstić information content (AvgIpc) is 2.88. The highest BCUT2D eigenvalue weighted by atomic mass is 19.1. The van der Waals surface area contributed by atoms with Gasteiger partial charge in [-0.25, -0.2) is 9.18 Å². The van der Waals surface area contributed by atoms with Crippen LogP contribution in [0.3, 0.4) is 0 Å². The maximum absolute atomic E-state index is 13.6. The van der Waals surface area contributed by atoms with E-state index in [1.54, 1.807) is 18.2 Å². The average molecular weight is 378 g/mol. The SMILES string of the molecule is CCC1CCC2(CC1)NC(=O)N(C[C@H](O)COCc1ccccc1F)C2=O. The molecule has 0 bridgehead atoms. The summed E-state index contributed by atoms with van der Waals surface area (Å²) in [7, 11) is 0. The first kappa shape index (κ1) is 19.8. The number of aliphatic hydroxyl groups is 1. The van der Waals surface area contributed by atoms with Crippen molar-refractivity contribution in [3.63, 3.8) is 0 Å². The Kier molecular flexibility index (Phi) is 6.11. The fraction of sp³-hybridized carbons (Fsp3) is 0.600. The molecule has 1 aromatic rings. The third kappa shape index (κ3) is 4.30. The molecule has 0 aromatic heterocycles. The molecular formula is C20H27FN2O4. The molecule has 1 aliphatic heterocycles. The number of benzene rings is 1. The van der Waals surface area contributed by atoms with Gasteiger partial charge < -0.3 is 15.2 Å². The quantitative estimate of drug-likeness (QED) is 0.715. The molecule has 7 heteroatoms. The summed E-state index contributed by atoms with van der Waals surface area (Å²) in [5, 5.41) is 13.0. The summed E-state index contributed by atoms with van der Waals surface area (Å²) < 4.78 is 18.9. The number of ether oxygens (including phenoxy) is 1. The first-order valence-corrected chi connectivity index (χ1v) is 9.58. The number of amides is 3. The van der Waals surface area contributed by atoms with Crippen LogP contribution < -0.4 is 5.32 Å². The number of nitrogens with zero attached hydrogens (tertiary/aromatic N) is 1. The van der Waals surface area contributed by atoms with Gasteiger partial charge in [-0.05, 0) is 37.7 Å². The van der Waals surface area contributed by atoms with Crippen molar-refractivity contribution in [1.29, 1.82) is 0 Å². The largest absolute Gasteiger partial charge is 0.389 e. The van der Waals surface area contributed by atoms with Crippen molar-refractivity contribution in [2.75, 3.05) is 13.2 Å². The lowest BCUT2D eigenvalue weighted by atomic mass is 9.75. The highest BCUT2D eigenvalue weighted by Crippen LogP contribution is 2.37. The highest BCUT2D eigenvalue weighted by molar-refractivity contribution is 6.07. The Morgan fingerprint density at radius 2 is 2.04 bits per heavy atom. The molecule has 2 aliphatic rings. The normalized spacial score (nSPS) is 26.5. The standard InChI is InChI=1S/C20H27FN2O4/c1-2-14-7-9-20(10-8-14)18(25)23(19(26)22-20)11-16(24)13-27-12-15-5-3-4-6-17(15)21/h3-6,14,16,24H,2,7-13H2,1H3,(H,22,26)/t14?,16-,20?/m0/s1. The van der Waals surface area contributed by atoms with Crippen molar-refractivity contribution in [3.05, 3.63) is 35.6 Å². The molecular weight excluding hydrogens is 351 g/mol. The number of imide groups is 1. The fourth-order valence-electron chi connectivity index (χ4n) is 3.94. The van der Waals surface area contributed by atoms with Crippen LogP contribution in [0, 0.1) is 11.7 Å². The van der Waals surface area contributed by atoms with Gasteiger partial charge in [-0.15, -0.1) is 0 Å². The summed E-state index contributed by atoms with van der Waals surface area (Å²) in [5.41, 5.74) is -0.414. The summed E-state index contributed by atoms with van der Waals surface area (Å²) >= 11 is 0. The number of hydrogen-bond acceptors (Lipinski definition) is 4. The van der Waals surface area contributed by atoms with Crippen LogP contribution in [0.15, 0.2) is 24.3 Å². The molecule has 1 heterocycles. The number of hydrogen-bond donors (Lipinski definition) is 2. The lowest BCUT2D eigenvalue weighted by molar-refractivity contribution is -0.134. The van der Waals surface area contributed by atoms with Gasteiger partial charge in [0.25, 0.3) is 5.91 Å². The predicted octanol–water partition coefficient (Wildman–Crippen LogP) is 2.59. The van der Waals surface area contributed by atoms with Crippen molar-refractivity contribution in [3.8, 4) is 0 Å². The van der Waals surface area contributed by atoms with E-state index in [1.807, 2.05) is 0 Å². The van der Waals surface area contributed by atoms with Gasteiger partial charge in [0.15, 0.2) is 0 Å². The molecule has 1 saturated carbocycles. The Bertz CT molecular complexity index is 688. The Hall–Kier alpha value is -1.99. The Balaban J connectivity index is 1.50. The minimum atomic E-state index is -1.02. The molecule has 1 aliphatic carbocycles. The van der Waals surface area contributed by atoms with E-state index in [0.29, 0.717) is 24.3 Å². The van der Waals surface area contributed by atoms with E-state index in [2.05, 4.69) is 12.2 Å². The van der Waals surface area contributed by atoms with Gasteiger partial charge in [-0.2, -0.15) is 0 Å². The third-order valence-corrected chi connectivity index (χ3v) is 5.70. The van der Waals surface area contributed by atoms with Crippen molar-refractivity contribution < 1.29 is 23.8 Å². The molecule has 0 radical (unpaired) electrons. The van der Waals surface area contributed by atoms with Crippen molar-refractivity contribution in [1.82, 2.24) is 10.2 Å². The monoisotopic (exact) mass is 378 g/mol. The van der Waals surface area contributed by atoms with Crippen molar-refractivity contribution >= 4 is 11.9 Å². The summed E-state index contributed by atoms with van der Waals surface area (Å²) in [6.07, 6.45) is 3.20. The third-order valence-electron chi connectivity index (χ3n) is 5.70. The van der Waals surface area contributed by atoms with Gasteiger partial charge >= 0.3 is 6.03 Å². The van der Waals surface area contributed by atoms with Gasteiger partial charge in [0.1, 0.15) is 11.4 Å². The van der Waals surface area contributed by atoms with E-state index in [-0.39, 0.29) is 31.5 Å². The van der Waals surface area contributed by atoms with E-state index in [1.165, 1.54) is 6.07 Å². The van der Waals surface area contributed by atoms with Gasteiger partial charge in [0.2, 0.25) is 0 Å². The summed E-state index contributed by atoms with van der Waals surface area (Å²) in [5.74, 6) is -0.0207. The first-order chi connectivity index (χ1) is 12.9. The zero-order chi connectivity index (χ0) is 19.4. The fourth-order valence-corrected chi connectivity index (χ4v) is 3.94. The molecule has 1 saturated heterocycles. The van der Waals surface area contributed by atoms with E-state index in [4.69, 9.17) is 4.74 Å². The number of aliphatic hydroxyl groups excluding tert-OH is 1. The van der Waals surface area contributed by atoms with Crippen LogP contribution in [0.1, 0.15) is 44.6 Å². The van der Waals surface area contributed by atoms with Crippen LogP contribution in [-0.4, -0.2) is 46.7 Å². The van der Waals surface area contributed by atoms with E-state index < -0.39 is 17.7 Å². The molecule has 2 N–H and O–H groups in total. The summed E-state index contributed by atoms with van der Waals surface area (Å²) in [4.78, 5) is 26.2. The van der Waals surface area contributed by atoms with Crippen molar-refractivity contribution in [2.24, 2.45) is 5.92 Å². The van der Waals surface area contributed by atoms with Gasteiger partial charge in [-0.1, -0.05) is 31.5 Å². The summed E-state index contributed by atoms with van der Waals surface area (Å²) in [6.45, 7) is 1.95. The van der Waals surface area contributed by atoms with Gasteiger partial charge in [0, 0.05) is 5.56 Å². The lowest BCUT2D eigenvalue weighted by Gasteiger charge is -2.34. The van der Waals surface area contributed by atoms with Gasteiger partial charge in [-0.3, -0.25) is 9.69 Å². The summed E-state index contributed by atoms with van der Waals surface area (Å²) in [6, 6.07) is 5.79. The van der Waals surface area contributed by atoms with Crippen LogP contribution >= 0.6 is 0 Å². The minimum Gasteiger partial charge on any atom is -0.389 e. The Labute approximate surface area is 158 Å². The van der Waals surface area contributed by atoms with Crippen LogP contribution in [0.2, 0.25) is 0 Å². The first-order valence-electron chi connectivity index (χ1n) is 9.58. The second-order valence-electron chi connectivity index (χ2n) is 7.54. The second-order valence-corrected chi connectivity index (χ2v) is 7.54. The predicted molar refractivity (Wildman–Crippen MR) is 97.3 cm³/mol. The van der Waals surface area contributed by atoms with E-state index >= 15 is 0 Å². The van der Waals surface area contributed by atoms with E-state index in [9.17, 15) is 19.1 Å². The maximum atomic E-state index is 13.6. The molecule has 3 rings (SSSR count). The van der Waals surface area contributed by atoms with E-state index in [0.717, 1.165) is 24.2 Å². The van der Waals surface area contributed by atoms with Crippen LogP contribution in [0.4, 0.5) is 9.18 Å². The Morgan fingerprint density at radius 1 is 1.33 bits per heavy atom. The molecule has 1 aromatic carbocycles. The number of rotatable bonds is 7. The van der Waals surface area contributed by atoms with Gasteiger partial charge in [0.05, 0.1) is 25.9 Å². The molecule has 3 amide bonds. The zero-order valence-electron chi connectivity index (χ0n) is 15.6. The molecule has 1 atom stereocenters. The molecule has 27 heavy (non-hydrogen) atoms. The number of halogens is 1. The number of nitrogens with one attached hydrogen (secondary N) is 1. The van der Waals surface area contributed by atoms with Crippen LogP contribution in [-0.2, 0) is 16.1 Å². The lowest BCUT2D eigenvalue weighted by Crippen LogP contribution is -2.50. The number of carbonyl (C=O) groups is 2. The van der Waals surface area contributed by atoms with Crippen LogP contribution in [0.25, 0.3) is 0 Å². The Morgan fingerprint density at radius 3 is 2.70 bits per heavy atom.